The number of rotatable bonds is 6. The molecule has 0 aliphatic heterocycles. The summed E-state index contributed by atoms with van der Waals surface area (Å²) in [4.78, 5) is 0. The second kappa shape index (κ2) is 5.48. The molecule has 0 aromatic carbocycles. The molecule has 0 fully saturated rings. The smallest absolute Gasteiger partial charge is 0.257 e. The van der Waals surface area contributed by atoms with Crippen LogP contribution in [-0.4, -0.2) is 25.2 Å². The molecule has 0 aliphatic rings. The van der Waals surface area contributed by atoms with Crippen LogP contribution in [0.15, 0.2) is 17.3 Å². The number of nitriles is 1. The van der Waals surface area contributed by atoms with Crippen molar-refractivity contribution in [1.29, 1.82) is 5.26 Å². The Labute approximate surface area is 88.4 Å². The van der Waals surface area contributed by atoms with Crippen LogP contribution in [0.2, 0.25) is 0 Å². The van der Waals surface area contributed by atoms with Crippen molar-refractivity contribution in [2.75, 3.05) is 6.54 Å². The van der Waals surface area contributed by atoms with Gasteiger partial charge in [-0.05, 0) is 18.9 Å². The zero-order chi connectivity index (χ0) is 11.1. The van der Waals surface area contributed by atoms with Crippen molar-refractivity contribution >= 4 is 10.0 Å². The highest BCUT2D eigenvalue weighted by Gasteiger charge is 2.13. The van der Waals surface area contributed by atoms with Crippen LogP contribution in [0.3, 0.4) is 0 Å². The summed E-state index contributed by atoms with van der Waals surface area (Å²) in [6.45, 7) is 0.336. The fourth-order valence-electron chi connectivity index (χ4n) is 1.01. The molecule has 0 atom stereocenters. The predicted molar refractivity (Wildman–Crippen MR) is 53.2 cm³/mol. The van der Waals surface area contributed by atoms with Crippen LogP contribution < -0.4 is 4.72 Å². The van der Waals surface area contributed by atoms with E-state index < -0.39 is 10.0 Å². The third kappa shape index (κ3) is 3.69. The third-order valence-corrected chi connectivity index (χ3v) is 3.16. The number of H-pyrrole nitrogens is 1. The first-order valence-electron chi connectivity index (χ1n) is 4.53. The Morgan fingerprint density at radius 1 is 1.53 bits per heavy atom. The second-order valence-electron chi connectivity index (χ2n) is 2.93. The summed E-state index contributed by atoms with van der Waals surface area (Å²) in [7, 11) is -3.46. The van der Waals surface area contributed by atoms with Gasteiger partial charge in [0.15, 0.2) is 5.03 Å². The standard InChI is InChI=1S/C8H12N4O2S/c9-5-2-1-3-6-11-15(13,14)8-4-7-10-12-8/h4,7,11H,1-3,6H2,(H,10,12). The fourth-order valence-corrected chi connectivity index (χ4v) is 1.99. The fraction of sp³-hybridized carbons (Fsp3) is 0.500. The highest BCUT2D eigenvalue weighted by molar-refractivity contribution is 7.89. The van der Waals surface area contributed by atoms with Gasteiger partial charge in [-0.1, -0.05) is 0 Å². The van der Waals surface area contributed by atoms with E-state index in [2.05, 4.69) is 14.9 Å². The van der Waals surface area contributed by atoms with Crippen LogP contribution >= 0.6 is 0 Å². The first-order chi connectivity index (χ1) is 7.17. The van der Waals surface area contributed by atoms with Crippen molar-refractivity contribution in [3.05, 3.63) is 12.3 Å². The molecule has 6 nitrogen and oxygen atoms in total. The minimum absolute atomic E-state index is 0.0581. The summed E-state index contributed by atoms with van der Waals surface area (Å²) >= 11 is 0. The summed E-state index contributed by atoms with van der Waals surface area (Å²) in [5.74, 6) is 0. The van der Waals surface area contributed by atoms with Gasteiger partial charge in [-0.25, -0.2) is 13.1 Å². The van der Waals surface area contributed by atoms with E-state index in [1.807, 2.05) is 6.07 Å². The largest absolute Gasteiger partial charge is 0.266 e. The molecule has 0 spiro atoms. The summed E-state index contributed by atoms with van der Waals surface area (Å²) in [6, 6.07) is 3.39. The van der Waals surface area contributed by atoms with Gasteiger partial charge in [0.1, 0.15) is 0 Å². The molecule has 1 heterocycles. The van der Waals surface area contributed by atoms with Crippen LogP contribution in [-0.2, 0) is 10.0 Å². The highest BCUT2D eigenvalue weighted by atomic mass is 32.2. The minimum atomic E-state index is -3.46. The van der Waals surface area contributed by atoms with Crippen LogP contribution in [0.1, 0.15) is 19.3 Å². The first kappa shape index (κ1) is 11.7. The lowest BCUT2D eigenvalue weighted by Crippen LogP contribution is -2.25. The van der Waals surface area contributed by atoms with Gasteiger partial charge >= 0.3 is 0 Å². The molecule has 0 amide bonds. The molecule has 15 heavy (non-hydrogen) atoms. The SMILES string of the molecule is N#CCCCCNS(=O)(=O)c1ccn[nH]1. The molecule has 0 saturated heterocycles. The number of hydrogen-bond acceptors (Lipinski definition) is 4. The molecule has 0 bridgehead atoms. The average molecular weight is 228 g/mol. The van der Waals surface area contributed by atoms with Crippen molar-refractivity contribution < 1.29 is 8.42 Å². The Bertz CT molecular complexity index is 418. The lowest BCUT2D eigenvalue weighted by Gasteiger charge is -2.02. The number of aromatic nitrogens is 2. The molecule has 2 N–H and O–H groups in total. The van der Waals surface area contributed by atoms with Crippen molar-refractivity contribution in [3.8, 4) is 6.07 Å². The predicted octanol–water partition coefficient (Wildman–Crippen LogP) is 0.382. The maximum absolute atomic E-state index is 11.5. The molecule has 1 aromatic rings. The summed E-state index contributed by atoms with van der Waals surface area (Å²) in [6.07, 6.45) is 3.18. The van der Waals surface area contributed by atoms with Gasteiger partial charge in [-0.3, -0.25) is 5.10 Å². The van der Waals surface area contributed by atoms with Crippen molar-refractivity contribution in [1.82, 2.24) is 14.9 Å². The van der Waals surface area contributed by atoms with Crippen LogP contribution in [0, 0.1) is 11.3 Å². The van der Waals surface area contributed by atoms with Gasteiger partial charge in [-0.15, -0.1) is 0 Å². The minimum Gasteiger partial charge on any atom is -0.266 e. The number of unbranched alkanes of at least 4 members (excludes halogenated alkanes) is 2. The Morgan fingerprint density at radius 2 is 2.33 bits per heavy atom. The van der Waals surface area contributed by atoms with E-state index in [1.54, 1.807) is 0 Å². The Kier molecular flexibility index (Phi) is 4.27. The molecule has 0 saturated carbocycles. The molecular formula is C8H12N4O2S. The lowest BCUT2D eigenvalue weighted by molar-refractivity contribution is 0.573. The maximum atomic E-state index is 11.5. The highest BCUT2D eigenvalue weighted by Crippen LogP contribution is 2.02. The van der Waals surface area contributed by atoms with Gasteiger partial charge in [-0.2, -0.15) is 10.4 Å². The van der Waals surface area contributed by atoms with E-state index in [1.165, 1.54) is 12.3 Å². The van der Waals surface area contributed by atoms with E-state index >= 15 is 0 Å². The number of hydrogen-bond donors (Lipinski definition) is 2. The van der Waals surface area contributed by atoms with Gasteiger partial charge < -0.3 is 0 Å². The van der Waals surface area contributed by atoms with Gasteiger partial charge in [0.25, 0.3) is 10.0 Å². The topological polar surface area (TPSA) is 98.6 Å². The van der Waals surface area contributed by atoms with E-state index in [9.17, 15) is 8.42 Å². The van der Waals surface area contributed by atoms with Crippen molar-refractivity contribution in [2.45, 2.75) is 24.3 Å². The van der Waals surface area contributed by atoms with Gasteiger partial charge in [0.2, 0.25) is 0 Å². The first-order valence-corrected chi connectivity index (χ1v) is 6.01. The number of nitrogens with zero attached hydrogens (tertiary/aromatic N) is 2. The van der Waals surface area contributed by atoms with Crippen LogP contribution in [0.25, 0.3) is 0 Å². The molecule has 1 aromatic heterocycles. The normalized spacial score (nSPS) is 11.1. The second-order valence-corrected chi connectivity index (χ2v) is 4.67. The number of aromatic amines is 1. The van der Waals surface area contributed by atoms with Crippen LogP contribution in [0.4, 0.5) is 0 Å². The van der Waals surface area contributed by atoms with Crippen molar-refractivity contribution in [2.24, 2.45) is 0 Å². The molecule has 0 radical (unpaired) electrons. The summed E-state index contributed by atoms with van der Waals surface area (Å²) in [5, 5.41) is 14.3. The van der Waals surface area contributed by atoms with Gasteiger partial charge in [0.05, 0.1) is 12.3 Å². The third-order valence-electron chi connectivity index (χ3n) is 1.77. The number of nitrogens with one attached hydrogen (secondary N) is 2. The zero-order valence-electron chi connectivity index (χ0n) is 8.10. The Morgan fingerprint density at radius 3 is 2.93 bits per heavy atom. The Hall–Kier alpha value is -1.39. The van der Waals surface area contributed by atoms with E-state index in [0.29, 0.717) is 25.8 Å². The molecule has 7 heteroatoms. The molecule has 82 valence electrons. The van der Waals surface area contributed by atoms with Crippen molar-refractivity contribution in [3.63, 3.8) is 0 Å². The Balaban J connectivity index is 2.36. The lowest BCUT2D eigenvalue weighted by atomic mass is 10.2. The van der Waals surface area contributed by atoms with Gasteiger partial charge in [0, 0.05) is 13.0 Å². The number of sulfonamides is 1. The summed E-state index contributed by atoms with van der Waals surface area (Å²) in [5.41, 5.74) is 0. The van der Waals surface area contributed by atoms with E-state index in [4.69, 9.17) is 5.26 Å². The quantitative estimate of drug-likeness (QED) is 0.687. The monoisotopic (exact) mass is 228 g/mol. The maximum Gasteiger partial charge on any atom is 0.257 e. The molecule has 0 unspecified atom stereocenters. The molecule has 1 rings (SSSR count). The van der Waals surface area contributed by atoms with E-state index in [0.717, 1.165) is 0 Å². The average Bonchev–Trinajstić information content (AvgIpc) is 2.70. The molecular weight excluding hydrogens is 216 g/mol. The summed E-state index contributed by atoms with van der Waals surface area (Å²) < 4.78 is 25.4. The van der Waals surface area contributed by atoms with E-state index in [-0.39, 0.29) is 5.03 Å². The van der Waals surface area contributed by atoms with Crippen LogP contribution in [0.5, 0.6) is 0 Å². The zero-order valence-corrected chi connectivity index (χ0v) is 8.92. The molecule has 0 aliphatic carbocycles.